The number of aliphatic hydroxyl groups is 1. The minimum Gasteiger partial charge on any atom is -0.385 e. The summed E-state index contributed by atoms with van der Waals surface area (Å²) in [5.41, 5.74) is 0. The number of Topliss-reactive ketones (excluding diaryl/α,β-unsaturated/α-hetero) is 1. The predicted molar refractivity (Wildman–Crippen MR) is 59.1 cm³/mol. The van der Waals surface area contributed by atoms with Gasteiger partial charge in [0.25, 0.3) is 0 Å². The molecule has 1 unspecified atom stereocenters. The molecule has 0 aliphatic carbocycles. The average Bonchev–Trinajstić information content (AvgIpc) is 2.19. The largest absolute Gasteiger partial charge is 0.385 e. The van der Waals surface area contributed by atoms with Crippen molar-refractivity contribution in [3.63, 3.8) is 0 Å². The summed E-state index contributed by atoms with van der Waals surface area (Å²) in [5.74, 6) is 0.117. The number of unbranched alkanes of at least 4 members (excludes halogenated alkanes) is 1. The maximum absolute atomic E-state index is 11.5. The van der Waals surface area contributed by atoms with Crippen molar-refractivity contribution in [1.82, 2.24) is 0 Å². The molecule has 82 valence electrons. The van der Waals surface area contributed by atoms with Crippen molar-refractivity contribution in [1.29, 1.82) is 0 Å². The lowest BCUT2D eigenvalue weighted by molar-refractivity contribution is -0.130. The fourth-order valence-electron chi connectivity index (χ4n) is 1.57. The molecule has 0 aliphatic heterocycles. The summed E-state index contributed by atoms with van der Waals surface area (Å²) in [4.78, 5) is 11.5. The molecule has 1 N–H and O–H groups in total. The minimum atomic E-state index is -0.755. The Kier molecular flexibility index (Phi) is 7.40. The molecule has 0 rings (SSSR count). The molecule has 2 nitrogen and oxygen atoms in total. The second kappa shape index (κ2) is 7.74. The van der Waals surface area contributed by atoms with Gasteiger partial charge in [0.1, 0.15) is 6.10 Å². The first kappa shape index (κ1) is 13.4. The van der Waals surface area contributed by atoms with Gasteiger partial charge in [-0.3, -0.25) is 4.79 Å². The first-order chi connectivity index (χ1) is 6.67. The molecule has 14 heavy (non-hydrogen) atoms. The van der Waals surface area contributed by atoms with E-state index in [1.807, 2.05) is 13.8 Å². The van der Waals surface area contributed by atoms with Crippen LogP contribution in [-0.2, 0) is 4.79 Å². The molecule has 0 aromatic rings. The number of carbonyl (C=O) groups excluding carboxylic acids is 1. The molecule has 2 heteroatoms. The van der Waals surface area contributed by atoms with Gasteiger partial charge in [-0.1, -0.05) is 32.8 Å². The fraction of sp³-hybridized carbons (Fsp3) is 0.750. The van der Waals surface area contributed by atoms with Crippen molar-refractivity contribution < 1.29 is 9.90 Å². The van der Waals surface area contributed by atoms with Gasteiger partial charge in [0.2, 0.25) is 0 Å². The summed E-state index contributed by atoms with van der Waals surface area (Å²) < 4.78 is 0. The number of carbonyl (C=O) groups is 1. The Morgan fingerprint density at radius 3 is 2.43 bits per heavy atom. The van der Waals surface area contributed by atoms with Crippen LogP contribution < -0.4 is 0 Å². The molecule has 0 spiro atoms. The SMILES string of the molecule is C=CCCCC(=O)C(O)C(CC)CC. The zero-order valence-corrected chi connectivity index (χ0v) is 9.33. The Hall–Kier alpha value is -0.630. The second-order valence-corrected chi connectivity index (χ2v) is 3.67. The topological polar surface area (TPSA) is 37.3 Å². The van der Waals surface area contributed by atoms with Crippen molar-refractivity contribution >= 4 is 5.78 Å². The van der Waals surface area contributed by atoms with Gasteiger partial charge in [0, 0.05) is 6.42 Å². The number of aliphatic hydroxyl groups excluding tert-OH is 1. The van der Waals surface area contributed by atoms with E-state index in [9.17, 15) is 9.90 Å². The van der Waals surface area contributed by atoms with Gasteiger partial charge in [0.15, 0.2) is 5.78 Å². The molecule has 0 amide bonds. The minimum absolute atomic E-state index is 0.0134. The third-order valence-electron chi connectivity index (χ3n) is 2.66. The summed E-state index contributed by atoms with van der Waals surface area (Å²) in [7, 11) is 0. The van der Waals surface area contributed by atoms with E-state index in [0.717, 1.165) is 25.7 Å². The van der Waals surface area contributed by atoms with Crippen LogP contribution in [-0.4, -0.2) is 17.0 Å². The van der Waals surface area contributed by atoms with E-state index < -0.39 is 6.10 Å². The standard InChI is InChI=1S/C12H22O2/c1-4-7-8-9-11(13)12(14)10(5-2)6-3/h4,10,12,14H,1,5-9H2,2-3H3. The van der Waals surface area contributed by atoms with Crippen molar-refractivity contribution in [3.05, 3.63) is 12.7 Å². The van der Waals surface area contributed by atoms with Gasteiger partial charge >= 0.3 is 0 Å². The number of allylic oxidation sites excluding steroid dienone is 1. The van der Waals surface area contributed by atoms with E-state index in [1.54, 1.807) is 6.08 Å². The van der Waals surface area contributed by atoms with E-state index in [4.69, 9.17) is 0 Å². The quantitative estimate of drug-likeness (QED) is 0.481. The number of hydrogen-bond acceptors (Lipinski definition) is 2. The normalized spacial score (nSPS) is 12.9. The third-order valence-corrected chi connectivity index (χ3v) is 2.66. The summed E-state index contributed by atoms with van der Waals surface area (Å²) in [5, 5.41) is 9.70. The molecular weight excluding hydrogens is 176 g/mol. The predicted octanol–water partition coefficient (Wildman–Crippen LogP) is 2.71. The highest BCUT2D eigenvalue weighted by Crippen LogP contribution is 2.15. The van der Waals surface area contributed by atoms with Gasteiger partial charge in [0.05, 0.1) is 0 Å². The van der Waals surface area contributed by atoms with Crippen LogP contribution in [0.2, 0.25) is 0 Å². The second-order valence-electron chi connectivity index (χ2n) is 3.67. The Morgan fingerprint density at radius 2 is 2.00 bits per heavy atom. The molecule has 0 saturated carbocycles. The van der Waals surface area contributed by atoms with Crippen LogP contribution >= 0.6 is 0 Å². The molecule has 0 radical (unpaired) electrons. The summed E-state index contributed by atoms with van der Waals surface area (Å²) in [6, 6.07) is 0. The Bertz CT molecular complexity index is 171. The molecule has 1 atom stereocenters. The van der Waals surface area contributed by atoms with Crippen molar-refractivity contribution in [2.75, 3.05) is 0 Å². The summed E-state index contributed by atoms with van der Waals surface area (Å²) in [6.07, 6.45) is 4.91. The Labute approximate surface area is 87.0 Å². The van der Waals surface area contributed by atoms with Crippen LogP contribution in [0, 0.1) is 5.92 Å². The number of ketones is 1. The third kappa shape index (κ3) is 4.56. The molecule has 0 bridgehead atoms. The molecule has 0 saturated heterocycles. The maximum atomic E-state index is 11.5. The van der Waals surface area contributed by atoms with Crippen LogP contribution in [0.1, 0.15) is 46.0 Å². The van der Waals surface area contributed by atoms with Gasteiger partial charge < -0.3 is 5.11 Å². The van der Waals surface area contributed by atoms with E-state index >= 15 is 0 Å². The number of hydrogen-bond donors (Lipinski definition) is 1. The van der Waals surface area contributed by atoms with Gasteiger partial charge in [-0.25, -0.2) is 0 Å². The number of rotatable bonds is 8. The zero-order chi connectivity index (χ0) is 11.0. The first-order valence-electron chi connectivity index (χ1n) is 5.49. The molecule has 0 aliphatic rings. The molecule has 0 aromatic heterocycles. The van der Waals surface area contributed by atoms with Crippen LogP contribution in [0.15, 0.2) is 12.7 Å². The van der Waals surface area contributed by atoms with Crippen LogP contribution in [0.25, 0.3) is 0 Å². The van der Waals surface area contributed by atoms with Gasteiger partial charge in [-0.2, -0.15) is 0 Å². The molecular formula is C12H22O2. The smallest absolute Gasteiger partial charge is 0.161 e. The highest BCUT2D eigenvalue weighted by Gasteiger charge is 2.22. The summed E-state index contributed by atoms with van der Waals surface area (Å²) in [6.45, 7) is 7.61. The van der Waals surface area contributed by atoms with Crippen molar-refractivity contribution in [3.8, 4) is 0 Å². The summed E-state index contributed by atoms with van der Waals surface area (Å²) >= 11 is 0. The van der Waals surface area contributed by atoms with Crippen LogP contribution in [0.5, 0.6) is 0 Å². The molecule has 0 fully saturated rings. The highest BCUT2D eigenvalue weighted by molar-refractivity contribution is 5.83. The van der Waals surface area contributed by atoms with Gasteiger partial charge in [-0.05, 0) is 18.8 Å². The van der Waals surface area contributed by atoms with Crippen LogP contribution in [0.3, 0.4) is 0 Å². The maximum Gasteiger partial charge on any atom is 0.161 e. The fourth-order valence-corrected chi connectivity index (χ4v) is 1.57. The molecule has 0 aromatic carbocycles. The van der Waals surface area contributed by atoms with Crippen molar-refractivity contribution in [2.24, 2.45) is 5.92 Å². The highest BCUT2D eigenvalue weighted by atomic mass is 16.3. The zero-order valence-electron chi connectivity index (χ0n) is 9.33. The van der Waals surface area contributed by atoms with E-state index in [-0.39, 0.29) is 11.7 Å². The first-order valence-corrected chi connectivity index (χ1v) is 5.49. The van der Waals surface area contributed by atoms with Gasteiger partial charge in [-0.15, -0.1) is 6.58 Å². The van der Waals surface area contributed by atoms with E-state index in [0.29, 0.717) is 6.42 Å². The average molecular weight is 198 g/mol. The van der Waals surface area contributed by atoms with Crippen LogP contribution in [0.4, 0.5) is 0 Å². The Balaban J connectivity index is 3.90. The molecule has 0 heterocycles. The monoisotopic (exact) mass is 198 g/mol. The lowest BCUT2D eigenvalue weighted by Gasteiger charge is -2.18. The lowest BCUT2D eigenvalue weighted by atomic mass is 9.92. The Morgan fingerprint density at radius 1 is 1.43 bits per heavy atom. The van der Waals surface area contributed by atoms with E-state index in [1.165, 1.54) is 0 Å². The lowest BCUT2D eigenvalue weighted by Crippen LogP contribution is -2.28. The van der Waals surface area contributed by atoms with Crippen molar-refractivity contribution in [2.45, 2.75) is 52.1 Å². The van der Waals surface area contributed by atoms with E-state index in [2.05, 4.69) is 6.58 Å².